The number of phenols is 1. The largest absolute Gasteiger partial charge is 0.505 e. The number of nitrogens with zero attached hydrogens (tertiary/aromatic N) is 2. The summed E-state index contributed by atoms with van der Waals surface area (Å²) >= 11 is 18.2. The van der Waals surface area contributed by atoms with Crippen LogP contribution in [0.2, 0.25) is 15.1 Å². The molecule has 0 aliphatic rings. The highest BCUT2D eigenvalue weighted by atomic mass is 35.5. The van der Waals surface area contributed by atoms with Crippen LogP contribution in [0, 0.1) is 6.92 Å². The van der Waals surface area contributed by atoms with Gasteiger partial charge in [-0.1, -0.05) is 77.3 Å². The molecule has 5 nitrogen and oxygen atoms in total. The van der Waals surface area contributed by atoms with Crippen molar-refractivity contribution in [1.29, 1.82) is 0 Å². The number of aromatic hydroxyl groups is 1. The standard InChI is InChI=1S/C24H16Cl3N3O2/c1-13-6-2-5-9-20(13)28-24(32)16-10-14-7-3-4-8-15(14)22(23(16)31)30-29-21-12-18(26)17(25)11-19(21)27/h2-12,31H,1H3,(H,28,32)/b30-29+. The van der Waals surface area contributed by atoms with E-state index in [4.69, 9.17) is 34.8 Å². The van der Waals surface area contributed by atoms with Crippen molar-refractivity contribution in [3.63, 3.8) is 0 Å². The molecule has 0 saturated carbocycles. The molecule has 0 fully saturated rings. The molecule has 0 heterocycles. The maximum absolute atomic E-state index is 13.0. The maximum Gasteiger partial charge on any atom is 0.259 e. The summed E-state index contributed by atoms with van der Waals surface area (Å²) in [7, 11) is 0. The first-order chi connectivity index (χ1) is 15.3. The van der Waals surface area contributed by atoms with E-state index in [1.54, 1.807) is 24.3 Å². The lowest BCUT2D eigenvalue weighted by Crippen LogP contribution is -2.13. The molecule has 0 aliphatic carbocycles. The fourth-order valence-electron chi connectivity index (χ4n) is 3.19. The summed E-state index contributed by atoms with van der Waals surface area (Å²) in [6, 6.07) is 19.2. The number of para-hydroxylation sites is 1. The second-order valence-corrected chi connectivity index (χ2v) is 8.25. The number of halogens is 3. The molecule has 0 radical (unpaired) electrons. The van der Waals surface area contributed by atoms with Crippen LogP contribution < -0.4 is 5.32 Å². The third-order valence-electron chi connectivity index (χ3n) is 4.88. The number of carbonyl (C=O) groups is 1. The van der Waals surface area contributed by atoms with Gasteiger partial charge in [-0.3, -0.25) is 4.79 Å². The van der Waals surface area contributed by atoms with E-state index >= 15 is 0 Å². The predicted octanol–water partition coefficient (Wildman–Crippen LogP) is 8.48. The summed E-state index contributed by atoms with van der Waals surface area (Å²) in [5.41, 5.74) is 2.03. The Kier molecular flexibility index (Phi) is 6.33. The molecule has 8 heteroatoms. The zero-order valence-corrected chi connectivity index (χ0v) is 19.0. The van der Waals surface area contributed by atoms with Crippen LogP contribution in [0.15, 0.2) is 77.0 Å². The highest BCUT2D eigenvalue weighted by Gasteiger charge is 2.19. The zero-order chi connectivity index (χ0) is 22.8. The van der Waals surface area contributed by atoms with Crippen LogP contribution in [0.1, 0.15) is 15.9 Å². The van der Waals surface area contributed by atoms with Gasteiger partial charge >= 0.3 is 0 Å². The van der Waals surface area contributed by atoms with Gasteiger partial charge in [0.1, 0.15) is 11.4 Å². The number of benzene rings is 4. The summed E-state index contributed by atoms with van der Waals surface area (Å²) < 4.78 is 0. The normalized spacial score (nSPS) is 11.2. The summed E-state index contributed by atoms with van der Waals surface area (Å²) in [5, 5.41) is 24.3. The molecule has 0 saturated heterocycles. The SMILES string of the molecule is Cc1ccccc1NC(=O)c1cc2ccccc2c(/N=N/c2cc(Cl)c(Cl)cc2Cl)c1O. The van der Waals surface area contributed by atoms with Crippen LogP contribution in [-0.4, -0.2) is 11.0 Å². The van der Waals surface area contributed by atoms with Crippen LogP contribution >= 0.6 is 34.8 Å². The minimum atomic E-state index is -0.466. The van der Waals surface area contributed by atoms with E-state index < -0.39 is 5.91 Å². The molecular weight excluding hydrogens is 469 g/mol. The Balaban J connectivity index is 1.80. The smallest absolute Gasteiger partial charge is 0.259 e. The van der Waals surface area contributed by atoms with Crippen LogP contribution in [-0.2, 0) is 0 Å². The second-order valence-electron chi connectivity index (χ2n) is 7.03. The van der Waals surface area contributed by atoms with Gasteiger partial charge in [-0.25, -0.2) is 0 Å². The molecule has 0 bridgehead atoms. The summed E-state index contributed by atoms with van der Waals surface area (Å²) in [5.74, 6) is -0.763. The Labute approximate surface area is 199 Å². The van der Waals surface area contributed by atoms with Crippen LogP contribution in [0.4, 0.5) is 17.1 Å². The molecular formula is C24H16Cl3N3O2. The summed E-state index contributed by atoms with van der Waals surface area (Å²) in [6.45, 7) is 1.89. The molecule has 1 amide bonds. The van der Waals surface area contributed by atoms with Gasteiger partial charge in [-0.2, -0.15) is 0 Å². The van der Waals surface area contributed by atoms with E-state index in [2.05, 4.69) is 15.5 Å². The first-order valence-corrected chi connectivity index (χ1v) is 10.7. The van der Waals surface area contributed by atoms with Crippen molar-refractivity contribution in [2.75, 3.05) is 5.32 Å². The minimum absolute atomic E-state index is 0.0705. The first kappa shape index (κ1) is 22.1. The molecule has 0 unspecified atom stereocenters. The van der Waals surface area contributed by atoms with Crippen LogP contribution in [0.25, 0.3) is 10.8 Å². The zero-order valence-electron chi connectivity index (χ0n) is 16.7. The first-order valence-electron chi connectivity index (χ1n) is 9.53. The Hall–Kier alpha value is -3.12. The van der Waals surface area contributed by atoms with Gasteiger partial charge in [0.25, 0.3) is 5.91 Å². The lowest BCUT2D eigenvalue weighted by atomic mass is 10.0. The van der Waals surface area contributed by atoms with Crippen molar-refractivity contribution >= 4 is 68.5 Å². The quantitative estimate of drug-likeness (QED) is 0.225. The molecule has 0 aromatic heterocycles. The minimum Gasteiger partial charge on any atom is -0.505 e. The topological polar surface area (TPSA) is 74.0 Å². The molecule has 2 N–H and O–H groups in total. The van der Waals surface area contributed by atoms with Crippen molar-refractivity contribution in [3.8, 4) is 5.75 Å². The van der Waals surface area contributed by atoms with E-state index in [1.807, 2.05) is 37.3 Å². The number of phenolic OH excluding ortho intramolecular Hbond substituents is 1. The molecule has 160 valence electrons. The number of hydrogen-bond donors (Lipinski definition) is 2. The monoisotopic (exact) mass is 483 g/mol. The molecule has 0 aliphatic heterocycles. The Morgan fingerprint density at radius 2 is 1.56 bits per heavy atom. The van der Waals surface area contributed by atoms with Crippen molar-refractivity contribution in [2.24, 2.45) is 10.2 Å². The fourth-order valence-corrected chi connectivity index (χ4v) is 3.77. The molecule has 4 aromatic rings. The number of nitrogens with one attached hydrogen (secondary N) is 1. The highest BCUT2D eigenvalue weighted by Crippen LogP contribution is 2.41. The van der Waals surface area contributed by atoms with E-state index in [9.17, 15) is 9.90 Å². The van der Waals surface area contributed by atoms with Crippen LogP contribution in [0.3, 0.4) is 0 Å². The molecule has 0 spiro atoms. The number of azo groups is 1. The molecule has 4 rings (SSSR count). The van der Waals surface area contributed by atoms with Crippen molar-refractivity contribution in [2.45, 2.75) is 6.92 Å². The van der Waals surface area contributed by atoms with Crippen molar-refractivity contribution in [3.05, 3.63) is 92.9 Å². The average Bonchev–Trinajstić information content (AvgIpc) is 2.77. The van der Waals surface area contributed by atoms with E-state index in [0.717, 1.165) is 10.9 Å². The lowest BCUT2D eigenvalue weighted by Gasteiger charge is -2.12. The average molecular weight is 485 g/mol. The van der Waals surface area contributed by atoms with Crippen LogP contribution in [0.5, 0.6) is 5.75 Å². The number of carbonyl (C=O) groups excluding carboxylic acids is 1. The van der Waals surface area contributed by atoms with E-state index in [1.165, 1.54) is 12.1 Å². The number of amides is 1. The Morgan fingerprint density at radius 3 is 2.34 bits per heavy atom. The number of hydrogen-bond acceptors (Lipinski definition) is 4. The number of rotatable bonds is 4. The van der Waals surface area contributed by atoms with E-state index in [0.29, 0.717) is 16.1 Å². The summed E-state index contributed by atoms with van der Waals surface area (Å²) in [4.78, 5) is 13.0. The predicted molar refractivity (Wildman–Crippen MR) is 130 cm³/mol. The van der Waals surface area contributed by atoms with Gasteiger partial charge in [0.2, 0.25) is 0 Å². The van der Waals surface area contributed by atoms with Crippen molar-refractivity contribution in [1.82, 2.24) is 0 Å². The molecule has 4 aromatic carbocycles. The Bertz CT molecular complexity index is 1390. The maximum atomic E-state index is 13.0. The van der Waals surface area contributed by atoms with Gasteiger partial charge in [-0.15, -0.1) is 10.2 Å². The number of fused-ring (bicyclic) bond motifs is 1. The number of aryl methyl sites for hydroxylation is 1. The lowest BCUT2D eigenvalue weighted by molar-refractivity contribution is 0.102. The van der Waals surface area contributed by atoms with Gasteiger partial charge < -0.3 is 10.4 Å². The van der Waals surface area contributed by atoms with Gasteiger partial charge in [0.15, 0.2) is 5.75 Å². The molecule has 32 heavy (non-hydrogen) atoms. The third kappa shape index (κ3) is 4.41. The molecule has 0 atom stereocenters. The highest BCUT2D eigenvalue weighted by molar-refractivity contribution is 6.43. The van der Waals surface area contributed by atoms with E-state index in [-0.39, 0.29) is 32.7 Å². The summed E-state index contributed by atoms with van der Waals surface area (Å²) in [6.07, 6.45) is 0. The third-order valence-corrected chi connectivity index (χ3v) is 5.91. The second kappa shape index (κ2) is 9.17. The van der Waals surface area contributed by atoms with Gasteiger partial charge in [0.05, 0.1) is 20.6 Å². The fraction of sp³-hybridized carbons (Fsp3) is 0.0417. The van der Waals surface area contributed by atoms with Gasteiger partial charge in [0, 0.05) is 11.1 Å². The number of anilines is 1. The Morgan fingerprint density at radius 1 is 0.875 bits per heavy atom. The van der Waals surface area contributed by atoms with Gasteiger partial charge in [-0.05, 0) is 42.1 Å². The van der Waals surface area contributed by atoms with Crippen molar-refractivity contribution < 1.29 is 9.90 Å².